The highest BCUT2D eigenvalue weighted by Crippen LogP contribution is 2.31. The standard InChI is InChI=1S/C14H21N3O2/c1-2-7-16-14(18)17-8-9-19-13-6-4-3-5-11(13)12(17)10-15/h3-6,12H,2,7-10,15H2,1H3,(H,16,18). The predicted molar refractivity (Wildman–Crippen MR) is 74.1 cm³/mol. The van der Waals surface area contributed by atoms with Crippen molar-refractivity contribution in [1.82, 2.24) is 10.2 Å². The van der Waals surface area contributed by atoms with Crippen molar-refractivity contribution in [3.05, 3.63) is 29.8 Å². The van der Waals surface area contributed by atoms with Gasteiger partial charge in [-0.1, -0.05) is 25.1 Å². The molecule has 0 bridgehead atoms. The molecule has 19 heavy (non-hydrogen) atoms. The highest BCUT2D eigenvalue weighted by Gasteiger charge is 2.28. The lowest BCUT2D eigenvalue weighted by Crippen LogP contribution is -2.45. The maximum atomic E-state index is 12.2. The van der Waals surface area contributed by atoms with Gasteiger partial charge in [-0.15, -0.1) is 0 Å². The van der Waals surface area contributed by atoms with Gasteiger partial charge in [0.15, 0.2) is 0 Å². The largest absolute Gasteiger partial charge is 0.491 e. The van der Waals surface area contributed by atoms with Crippen LogP contribution in [0.15, 0.2) is 24.3 Å². The number of hydrogen-bond donors (Lipinski definition) is 2. The minimum absolute atomic E-state index is 0.0717. The van der Waals surface area contributed by atoms with Crippen LogP contribution in [-0.4, -0.2) is 37.2 Å². The normalized spacial score (nSPS) is 18.2. The zero-order chi connectivity index (χ0) is 13.7. The van der Waals surface area contributed by atoms with Gasteiger partial charge < -0.3 is 20.7 Å². The molecule has 1 aromatic rings. The third-order valence-electron chi connectivity index (χ3n) is 3.25. The summed E-state index contributed by atoms with van der Waals surface area (Å²) in [6.45, 7) is 4.13. The third kappa shape index (κ3) is 2.98. The number of para-hydroxylation sites is 1. The molecule has 1 aliphatic heterocycles. The average molecular weight is 263 g/mol. The fourth-order valence-electron chi connectivity index (χ4n) is 2.30. The number of carbonyl (C=O) groups excluding carboxylic acids is 1. The van der Waals surface area contributed by atoms with E-state index in [1.165, 1.54) is 0 Å². The van der Waals surface area contributed by atoms with E-state index in [2.05, 4.69) is 5.32 Å². The van der Waals surface area contributed by atoms with Crippen LogP contribution in [0.2, 0.25) is 0 Å². The van der Waals surface area contributed by atoms with E-state index in [-0.39, 0.29) is 12.1 Å². The fourth-order valence-corrected chi connectivity index (χ4v) is 2.30. The van der Waals surface area contributed by atoms with Crippen LogP contribution >= 0.6 is 0 Å². The maximum absolute atomic E-state index is 12.2. The Hall–Kier alpha value is -1.75. The molecule has 1 aliphatic rings. The SMILES string of the molecule is CCCNC(=O)N1CCOc2ccccc2C1CN. The van der Waals surface area contributed by atoms with Crippen LogP contribution in [0.25, 0.3) is 0 Å². The summed E-state index contributed by atoms with van der Waals surface area (Å²) in [5.41, 5.74) is 6.85. The summed E-state index contributed by atoms with van der Waals surface area (Å²) < 4.78 is 5.69. The second-order valence-corrected chi connectivity index (χ2v) is 4.56. The Kier molecular flexibility index (Phi) is 4.63. The van der Waals surface area contributed by atoms with Crippen LogP contribution in [-0.2, 0) is 0 Å². The first kappa shape index (κ1) is 13.7. The molecule has 3 N–H and O–H groups in total. The summed E-state index contributed by atoms with van der Waals surface area (Å²) in [4.78, 5) is 14.0. The van der Waals surface area contributed by atoms with Gasteiger partial charge in [-0.25, -0.2) is 4.79 Å². The lowest BCUT2D eigenvalue weighted by Gasteiger charge is -2.29. The van der Waals surface area contributed by atoms with E-state index in [0.29, 0.717) is 26.2 Å². The Labute approximate surface area is 113 Å². The first-order valence-electron chi connectivity index (χ1n) is 6.74. The van der Waals surface area contributed by atoms with Gasteiger partial charge in [0.25, 0.3) is 0 Å². The smallest absolute Gasteiger partial charge is 0.318 e. The number of amides is 2. The monoisotopic (exact) mass is 263 g/mol. The van der Waals surface area contributed by atoms with Crippen molar-refractivity contribution in [3.63, 3.8) is 0 Å². The summed E-state index contributed by atoms with van der Waals surface area (Å²) in [7, 11) is 0. The molecule has 1 heterocycles. The number of nitrogens with two attached hydrogens (primary N) is 1. The molecule has 104 valence electrons. The van der Waals surface area contributed by atoms with Gasteiger partial charge >= 0.3 is 6.03 Å². The number of fused-ring (bicyclic) bond motifs is 1. The first-order valence-corrected chi connectivity index (χ1v) is 6.74. The Morgan fingerprint density at radius 1 is 1.53 bits per heavy atom. The Morgan fingerprint density at radius 3 is 3.05 bits per heavy atom. The van der Waals surface area contributed by atoms with Crippen molar-refractivity contribution in [2.75, 3.05) is 26.2 Å². The van der Waals surface area contributed by atoms with Gasteiger partial charge in [0.2, 0.25) is 0 Å². The highest BCUT2D eigenvalue weighted by atomic mass is 16.5. The van der Waals surface area contributed by atoms with E-state index < -0.39 is 0 Å². The van der Waals surface area contributed by atoms with E-state index in [4.69, 9.17) is 10.5 Å². The molecule has 0 aliphatic carbocycles. The summed E-state index contributed by atoms with van der Waals surface area (Å²) in [6, 6.07) is 7.56. The quantitative estimate of drug-likeness (QED) is 0.868. The molecule has 0 radical (unpaired) electrons. The van der Waals surface area contributed by atoms with E-state index >= 15 is 0 Å². The number of carbonyl (C=O) groups is 1. The van der Waals surface area contributed by atoms with Gasteiger partial charge in [0.05, 0.1) is 12.6 Å². The highest BCUT2D eigenvalue weighted by molar-refractivity contribution is 5.75. The van der Waals surface area contributed by atoms with Gasteiger partial charge in [0.1, 0.15) is 12.4 Å². The molecule has 0 aromatic heterocycles. The van der Waals surface area contributed by atoms with E-state index in [9.17, 15) is 4.79 Å². The van der Waals surface area contributed by atoms with E-state index in [1.54, 1.807) is 4.90 Å². The van der Waals surface area contributed by atoms with Crippen molar-refractivity contribution in [2.24, 2.45) is 5.73 Å². The van der Waals surface area contributed by atoms with Gasteiger partial charge in [-0.3, -0.25) is 0 Å². The van der Waals surface area contributed by atoms with Crippen LogP contribution in [0.5, 0.6) is 5.75 Å². The number of nitrogens with one attached hydrogen (secondary N) is 1. The molecule has 0 saturated heterocycles. The zero-order valence-corrected chi connectivity index (χ0v) is 11.3. The maximum Gasteiger partial charge on any atom is 0.318 e. The van der Waals surface area contributed by atoms with Crippen LogP contribution < -0.4 is 15.8 Å². The minimum atomic E-state index is -0.129. The number of nitrogens with zero attached hydrogens (tertiary/aromatic N) is 1. The summed E-state index contributed by atoms with van der Waals surface area (Å²) >= 11 is 0. The van der Waals surface area contributed by atoms with Crippen molar-refractivity contribution >= 4 is 6.03 Å². The molecule has 0 spiro atoms. The Balaban J connectivity index is 2.23. The molecular weight excluding hydrogens is 242 g/mol. The molecule has 0 saturated carbocycles. The molecule has 5 heteroatoms. The van der Waals surface area contributed by atoms with Crippen LogP contribution in [0.4, 0.5) is 4.79 Å². The third-order valence-corrected chi connectivity index (χ3v) is 3.25. The molecular formula is C14H21N3O2. The molecule has 1 aromatic carbocycles. The zero-order valence-electron chi connectivity index (χ0n) is 11.3. The number of urea groups is 1. The topological polar surface area (TPSA) is 67.6 Å². The number of rotatable bonds is 3. The van der Waals surface area contributed by atoms with Crippen molar-refractivity contribution in [3.8, 4) is 5.75 Å². The summed E-state index contributed by atoms with van der Waals surface area (Å²) in [5, 5.41) is 2.90. The minimum Gasteiger partial charge on any atom is -0.491 e. The second-order valence-electron chi connectivity index (χ2n) is 4.56. The van der Waals surface area contributed by atoms with Crippen LogP contribution in [0.3, 0.4) is 0 Å². The molecule has 1 atom stereocenters. The lowest BCUT2D eigenvalue weighted by atomic mass is 10.0. The molecule has 2 amide bonds. The van der Waals surface area contributed by atoms with Crippen LogP contribution in [0, 0.1) is 0 Å². The van der Waals surface area contributed by atoms with Gasteiger partial charge in [-0.2, -0.15) is 0 Å². The van der Waals surface area contributed by atoms with Gasteiger partial charge in [-0.05, 0) is 12.5 Å². The average Bonchev–Trinajstić information content (AvgIpc) is 2.63. The molecule has 1 unspecified atom stereocenters. The summed E-state index contributed by atoms with van der Waals surface area (Å²) in [5.74, 6) is 0.823. The Bertz CT molecular complexity index is 436. The molecule has 5 nitrogen and oxygen atoms in total. The second kappa shape index (κ2) is 6.43. The van der Waals surface area contributed by atoms with Gasteiger partial charge in [0, 0.05) is 18.7 Å². The van der Waals surface area contributed by atoms with Crippen LogP contribution in [0.1, 0.15) is 24.9 Å². The van der Waals surface area contributed by atoms with Crippen molar-refractivity contribution in [1.29, 1.82) is 0 Å². The Morgan fingerprint density at radius 2 is 2.32 bits per heavy atom. The van der Waals surface area contributed by atoms with E-state index in [0.717, 1.165) is 17.7 Å². The number of benzene rings is 1. The fraction of sp³-hybridized carbons (Fsp3) is 0.500. The molecule has 0 fully saturated rings. The number of hydrogen-bond acceptors (Lipinski definition) is 3. The first-order chi connectivity index (χ1) is 9.27. The lowest BCUT2D eigenvalue weighted by molar-refractivity contribution is 0.170. The van der Waals surface area contributed by atoms with Crippen molar-refractivity contribution < 1.29 is 9.53 Å². The predicted octanol–water partition coefficient (Wildman–Crippen LogP) is 1.50. The van der Waals surface area contributed by atoms with Crippen molar-refractivity contribution in [2.45, 2.75) is 19.4 Å². The van der Waals surface area contributed by atoms with E-state index in [1.807, 2.05) is 31.2 Å². The number of ether oxygens (including phenoxy) is 1. The molecule has 2 rings (SSSR count). The summed E-state index contributed by atoms with van der Waals surface area (Å²) in [6.07, 6.45) is 0.917.